The number of rotatable bonds is 7. The minimum absolute atomic E-state index is 0.0402. The maximum atomic E-state index is 12.9. The summed E-state index contributed by atoms with van der Waals surface area (Å²) in [7, 11) is 0. The minimum atomic E-state index is -0.830. The molecular weight excluding hydrogens is 456 g/mol. The second-order valence-corrected chi connectivity index (χ2v) is 10.2. The van der Waals surface area contributed by atoms with Crippen LogP contribution in [0.25, 0.3) is 0 Å². The van der Waals surface area contributed by atoms with Crippen LogP contribution >= 0.6 is 22.7 Å². The number of thiophene rings is 1. The van der Waals surface area contributed by atoms with E-state index in [0.717, 1.165) is 29.9 Å². The van der Waals surface area contributed by atoms with Crippen molar-refractivity contribution in [2.45, 2.75) is 37.3 Å². The predicted molar refractivity (Wildman–Crippen MR) is 134 cm³/mol. The molecule has 0 atom stereocenters. The molecule has 1 saturated carbocycles. The van der Waals surface area contributed by atoms with Gasteiger partial charge in [0.15, 0.2) is 5.13 Å². The van der Waals surface area contributed by atoms with Crippen LogP contribution in [0, 0.1) is 0 Å². The zero-order valence-electron chi connectivity index (χ0n) is 18.0. The molecule has 0 unspecified atom stereocenters. The van der Waals surface area contributed by atoms with Crippen molar-refractivity contribution in [3.63, 3.8) is 0 Å². The third-order valence-electron chi connectivity index (χ3n) is 6.02. The summed E-state index contributed by atoms with van der Waals surface area (Å²) in [6.45, 7) is 1.29. The molecule has 5 N–H and O–H groups in total. The van der Waals surface area contributed by atoms with Crippen molar-refractivity contribution < 1.29 is 9.59 Å². The normalized spacial score (nSPS) is 17.4. The van der Waals surface area contributed by atoms with E-state index < -0.39 is 5.54 Å². The number of nitrogens with zero attached hydrogens (tertiary/aromatic N) is 2. The van der Waals surface area contributed by atoms with Crippen LogP contribution in [0.2, 0.25) is 0 Å². The monoisotopic (exact) mass is 482 g/mol. The number of thiazole rings is 1. The van der Waals surface area contributed by atoms with Crippen molar-refractivity contribution in [2.75, 3.05) is 28.6 Å². The van der Waals surface area contributed by atoms with Gasteiger partial charge in [0.25, 0.3) is 5.91 Å². The van der Waals surface area contributed by atoms with Crippen LogP contribution in [0.4, 0.5) is 22.2 Å². The number of carbonyl (C=O) groups excluding carboxylic acids is 2. The second-order valence-electron chi connectivity index (χ2n) is 8.54. The highest BCUT2D eigenvalue weighted by atomic mass is 32.1. The molecule has 0 bridgehead atoms. The zero-order chi connectivity index (χ0) is 22.8. The van der Waals surface area contributed by atoms with Gasteiger partial charge in [0.05, 0.1) is 22.6 Å². The third-order valence-corrected chi connectivity index (χ3v) is 7.46. The van der Waals surface area contributed by atoms with Crippen molar-refractivity contribution in [2.24, 2.45) is 5.73 Å². The Morgan fingerprint density at radius 3 is 2.64 bits per heavy atom. The molecule has 8 nitrogen and oxygen atoms in total. The summed E-state index contributed by atoms with van der Waals surface area (Å²) in [5.41, 5.74) is 8.57. The van der Waals surface area contributed by atoms with Crippen LogP contribution in [-0.2, 0) is 4.79 Å². The molecule has 2 amide bonds. The van der Waals surface area contributed by atoms with E-state index >= 15 is 0 Å². The van der Waals surface area contributed by atoms with E-state index in [1.165, 1.54) is 11.3 Å². The molecule has 1 aliphatic carbocycles. The van der Waals surface area contributed by atoms with Gasteiger partial charge in [-0.15, -0.1) is 11.3 Å². The summed E-state index contributed by atoms with van der Waals surface area (Å²) in [5, 5.41) is 15.6. The number of benzene rings is 1. The first-order chi connectivity index (χ1) is 16.0. The number of piperidine rings is 1. The fourth-order valence-electron chi connectivity index (χ4n) is 3.87. The summed E-state index contributed by atoms with van der Waals surface area (Å²) >= 11 is 2.98. The fourth-order valence-corrected chi connectivity index (χ4v) is 5.17. The summed E-state index contributed by atoms with van der Waals surface area (Å²) in [6, 6.07) is 9.97. The Morgan fingerprint density at radius 1 is 1.12 bits per heavy atom. The molecule has 2 aliphatic rings. The first kappa shape index (κ1) is 21.9. The van der Waals surface area contributed by atoms with E-state index in [9.17, 15) is 9.59 Å². The first-order valence-corrected chi connectivity index (χ1v) is 12.8. The highest BCUT2D eigenvalue weighted by Gasteiger charge is 2.40. The van der Waals surface area contributed by atoms with Crippen molar-refractivity contribution in [1.29, 1.82) is 0 Å². The first-order valence-electron chi connectivity index (χ1n) is 11.0. The minimum Gasteiger partial charge on any atom is -0.370 e. The zero-order valence-corrected chi connectivity index (χ0v) is 19.7. The van der Waals surface area contributed by atoms with Gasteiger partial charge in [-0.1, -0.05) is 12.1 Å². The molecule has 33 heavy (non-hydrogen) atoms. The average Bonchev–Trinajstić information content (AvgIpc) is 3.27. The van der Waals surface area contributed by atoms with E-state index in [1.54, 1.807) is 16.7 Å². The Kier molecular flexibility index (Phi) is 6.05. The van der Waals surface area contributed by atoms with Gasteiger partial charge in [-0.2, -0.15) is 11.3 Å². The third kappa shape index (κ3) is 5.02. The van der Waals surface area contributed by atoms with Crippen LogP contribution < -0.4 is 26.6 Å². The van der Waals surface area contributed by atoms with Gasteiger partial charge in [-0.05, 0) is 49.3 Å². The molecule has 0 radical (unpaired) electrons. The Morgan fingerprint density at radius 2 is 1.91 bits per heavy atom. The smallest absolute Gasteiger partial charge is 0.275 e. The number of nitrogens with one attached hydrogen (secondary N) is 3. The predicted octanol–water partition coefficient (Wildman–Crippen LogP) is 3.78. The van der Waals surface area contributed by atoms with Crippen LogP contribution in [0.5, 0.6) is 0 Å². The lowest BCUT2D eigenvalue weighted by Crippen LogP contribution is -2.60. The van der Waals surface area contributed by atoms with Crippen molar-refractivity contribution >= 4 is 56.7 Å². The topological polar surface area (TPSA) is 112 Å². The van der Waals surface area contributed by atoms with Crippen LogP contribution in [0.1, 0.15) is 36.2 Å². The molecule has 172 valence electrons. The molecule has 2 aromatic heterocycles. The number of amides is 2. The molecule has 0 spiro atoms. The highest BCUT2D eigenvalue weighted by molar-refractivity contribution is 7.14. The van der Waals surface area contributed by atoms with Crippen molar-refractivity contribution in [3.8, 4) is 0 Å². The molecule has 1 saturated heterocycles. The number of hydrogen-bond acceptors (Lipinski definition) is 8. The number of hydrogen-bond donors (Lipinski definition) is 4. The van der Waals surface area contributed by atoms with Crippen LogP contribution in [-0.4, -0.2) is 41.5 Å². The molecule has 5 rings (SSSR count). The SMILES string of the molecule is NC1(C(=O)NC2CC2)CCN(c2ccccc2NC(=O)c2csc(Nc3ccsc3)n2)CC1. The van der Waals surface area contributed by atoms with Gasteiger partial charge in [-0.25, -0.2) is 4.98 Å². The molecule has 1 aliphatic heterocycles. The quantitative estimate of drug-likeness (QED) is 0.408. The highest BCUT2D eigenvalue weighted by Crippen LogP contribution is 2.32. The molecular formula is C23H26N6O2S2. The Hall–Kier alpha value is -2.95. The van der Waals surface area contributed by atoms with E-state index in [2.05, 4.69) is 25.8 Å². The van der Waals surface area contributed by atoms with Gasteiger partial charge in [0.1, 0.15) is 5.69 Å². The van der Waals surface area contributed by atoms with Crippen LogP contribution in [0.15, 0.2) is 46.5 Å². The number of aromatic nitrogens is 1. The number of nitrogens with two attached hydrogens (primary N) is 1. The standard InChI is InChI=1S/C23H26N6O2S2/c24-23(21(31)25-15-5-6-15)8-10-29(11-9-23)19-4-2-1-3-17(19)27-20(30)18-14-33-22(28-18)26-16-7-12-32-13-16/h1-4,7,12-15H,5-6,8-11,24H2,(H,25,31)(H,26,28)(H,27,30). The van der Waals surface area contributed by atoms with E-state index in [-0.39, 0.29) is 11.8 Å². The summed E-state index contributed by atoms with van der Waals surface area (Å²) in [6.07, 6.45) is 3.23. The lowest BCUT2D eigenvalue weighted by Gasteiger charge is -2.39. The van der Waals surface area contributed by atoms with Gasteiger partial charge < -0.3 is 26.6 Å². The number of carbonyl (C=O) groups is 2. The largest absolute Gasteiger partial charge is 0.370 e. The maximum absolute atomic E-state index is 12.9. The molecule has 2 fully saturated rings. The van der Waals surface area contributed by atoms with E-state index in [1.807, 2.05) is 41.1 Å². The molecule has 1 aromatic carbocycles. The van der Waals surface area contributed by atoms with Crippen molar-refractivity contribution in [3.05, 3.63) is 52.2 Å². The van der Waals surface area contributed by atoms with Crippen molar-refractivity contribution in [1.82, 2.24) is 10.3 Å². The molecule has 3 heterocycles. The van der Waals surface area contributed by atoms with E-state index in [0.29, 0.717) is 42.8 Å². The molecule has 10 heteroatoms. The summed E-state index contributed by atoms with van der Waals surface area (Å²) < 4.78 is 0. The average molecular weight is 483 g/mol. The Bertz CT molecular complexity index is 1130. The number of para-hydroxylation sites is 2. The van der Waals surface area contributed by atoms with Gasteiger partial charge in [0, 0.05) is 29.9 Å². The van der Waals surface area contributed by atoms with Gasteiger partial charge in [-0.3, -0.25) is 9.59 Å². The maximum Gasteiger partial charge on any atom is 0.275 e. The number of anilines is 4. The summed E-state index contributed by atoms with van der Waals surface area (Å²) in [5.74, 6) is -0.298. The second kappa shape index (κ2) is 9.12. The lowest BCUT2D eigenvalue weighted by atomic mass is 9.87. The van der Waals surface area contributed by atoms with Crippen LogP contribution in [0.3, 0.4) is 0 Å². The summed E-state index contributed by atoms with van der Waals surface area (Å²) in [4.78, 5) is 32.0. The fraction of sp³-hybridized carbons (Fsp3) is 0.348. The van der Waals surface area contributed by atoms with Gasteiger partial charge in [0.2, 0.25) is 5.91 Å². The molecule has 3 aromatic rings. The van der Waals surface area contributed by atoms with Gasteiger partial charge >= 0.3 is 0 Å². The lowest BCUT2D eigenvalue weighted by molar-refractivity contribution is -0.127. The Balaban J connectivity index is 1.23. The van der Waals surface area contributed by atoms with E-state index in [4.69, 9.17) is 5.73 Å². The Labute approximate surface area is 200 Å².